The van der Waals surface area contributed by atoms with Crippen molar-refractivity contribution in [3.8, 4) is 11.8 Å². The van der Waals surface area contributed by atoms with Crippen LogP contribution in [0.2, 0.25) is 0 Å². The normalized spacial score (nSPS) is 10.4. The van der Waals surface area contributed by atoms with Gasteiger partial charge < -0.3 is 0 Å². The van der Waals surface area contributed by atoms with Crippen LogP contribution in [0, 0.1) is 47.9 Å². The monoisotopic (exact) mass is 400 g/mol. The van der Waals surface area contributed by atoms with Gasteiger partial charge in [0.15, 0.2) is 23.2 Å². The predicted molar refractivity (Wildman–Crippen MR) is 97.9 cm³/mol. The fourth-order valence-electron chi connectivity index (χ4n) is 2.69. The molecule has 0 radical (unpaired) electrons. The molecule has 0 unspecified atom stereocenters. The van der Waals surface area contributed by atoms with Crippen molar-refractivity contribution in [2.45, 2.75) is 13.3 Å². The van der Waals surface area contributed by atoms with Crippen LogP contribution in [-0.4, -0.2) is 5.78 Å². The number of ketones is 1. The van der Waals surface area contributed by atoms with Gasteiger partial charge >= 0.3 is 0 Å². The zero-order valence-electron chi connectivity index (χ0n) is 15.1. The zero-order valence-corrected chi connectivity index (χ0v) is 15.1. The third kappa shape index (κ3) is 4.69. The highest BCUT2D eigenvalue weighted by molar-refractivity contribution is 5.97. The second-order valence-electron chi connectivity index (χ2n) is 6.40. The van der Waals surface area contributed by atoms with Crippen molar-refractivity contribution in [1.82, 2.24) is 0 Å². The van der Waals surface area contributed by atoms with Gasteiger partial charge in [-0.15, -0.1) is 0 Å². The number of hydrogen-bond acceptors (Lipinski definition) is 1. The van der Waals surface area contributed by atoms with Gasteiger partial charge in [-0.05, 0) is 54.4 Å². The Morgan fingerprint density at radius 3 is 1.90 bits per heavy atom. The lowest BCUT2D eigenvalue weighted by Gasteiger charge is -2.04. The molecule has 0 saturated heterocycles. The van der Waals surface area contributed by atoms with Gasteiger partial charge in [0, 0.05) is 17.5 Å². The van der Waals surface area contributed by atoms with Crippen molar-refractivity contribution in [3.05, 3.63) is 105 Å². The molecule has 146 valence electrons. The van der Waals surface area contributed by atoms with Crippen molar-refractivity contribution >= 4 is 5.78 Å². The third-order valence-corrected chi connectivity index (χ3v) is 4.13. The van der Waals surface area contributed by atoms with E-state index in [1.54, 1.807) is 6.92 Å². The molecule has 0 aliphatic heterocycles. The van der Waals surface area contributed by atoms with Crippen molar-refractivity contribution < 1.29 is 26.7 Å². The molecule has 29 heavy (non-hydrogen) atoms. The minimum Gasteiger partial charge on any atom is -0.294 e. The molecule has 0 atom stereocenters. The molecule has 3 rings (SSSR count). The number of benzene rings is 3. The van der Waals surface area contributed by atoms with Gasteiger partial charge in [-0.2, -0.15) is 0 Å². The second kappa shape index (κ2) is 8.27. The molecule has 3 aromatic carbocycles. The zero-order chi connectivity index (χ0) is 21.1. The van der Waals surface area contributed by atoms with Crippen LogP contribution in [0.15, 0.2) is 48.5 Å². The van der Waals surface area contributed by atoms with Gasteiger partial charge in [-0.3, -0.25) is 4.79 Å². The average molecular weight is 400 g/mol. The van der Waals surface area contributed by atoms with Gasteiger partial charge in [-0.25, -0.2) is 22.0 Å². The summed E-state index contributed by atoms with van der Waals surface area (Å²) in [5.74, 6) is -1.25. The van der Waals surface area contributed by atoms with E-state index in [9.17, 15) is 26.7 Å². The largest absolute Gasteiger partial charge is 0.294 e. The summed E-state index contributed by atoms with van der Waals surface area (Å²) in [6, 6.07) is 9.72. The summed E-state index contributed by atoms with van der Waals surface area (Å²) < 4.78 is 67.1. The molecule has 0 N–H and O–H groups in total. The highest BCUT2D eigenvalue weighted by Crippen LogP contribution is 2.17. The first-order chi connectivity index (χ1) is 13.7. The molecule has 0 aliphatic carbocycles. The fourth-order valence-corrected chi connectivity index (χ4v) is 2.69. The van der Waals surface area contributed by atoms with Crippen molar-refractivity contribution in [2.75, 3.05) is 0 Å². The summed E-state index contributed by atoms with van der Waals surface area (Å²) in [6.45, 7) is 1.56. The number of aryl methyl sites for hydroxylation is 1. The molecule has 0 saturated carbocycles. The fraction of sp³-hybridized carbons (Fsp3) is 0.0870. The molecule has 0 bridgehead atoms. The van der Waals surface area contributed by atoms with Crippen LogP contribution in [-0.2, 0) is 6.42 Å². The number of hydrogen-bond donors (Lipinski definition) is 0. The molecule has 0 aromatic heterocycles. The standard InChI is InChI=1S/C23H13F5O/c1-13-8-18(24)17(19(25)9-13)7-4-14-2-5-16(6-3-14)22(29)12-15-10-20(26)23(28)21(27)11-15/h2-3,5-6,8-11H,12H2,1H3. The van der Waals surface area contributed by atoms with Gasteiger partial charge in [0.2, 0.25) is 0 Å². The van der Waals surface area contributed by atoms with E-state index in [4.69, 9.17) is 0 Å². The third-order valence-electron chi connectivity index (χ3n) is 4.13. The SMILES string of the molecule is Cc1cc(F)c(C#Cc2ccc(C(=O)Cc3cc(F)c(F)c(F)c3)cc2)c(F)c1. The summed E-state index contributed by atoms with van der Waals surface area (Å²) in [5, 5.41) is 0. The van der Waals surface area contributed by atoms with Gasteiger partial charge in [0.05, 0.1) is 5.56 Å². The van der Waals surface area contributed by atoms with Crippen LogP contribution in [0.1, 0.15) is 32.6 Å². The Labute approximate surface area is 163 Å². The Hall–Kier alpha value is -3.46. The van der Waals surface area contributed by atoms with E-state index in [-0.39, 0.29) is 23.1 Å². The van der Waals surface area contributed by atoms with Crippen molar-refractivity contribution in [1.29, 1.82) is 0 Å². The van der Waals surface area contributed by atoms with Crippen LogP contribution >= 0.6 is 0 Å². The minimum absolute atomic E-state index is 0.000546. The van der Waals surface area contributed by atoms with Crippen LogP contribution in [0.4, 0.5) is 22.0 Å². The molecular weight excluding hydrogens is 387 g/mol. The number of carbonyl (C=O) groups is 1. The predicted octanol–water partition coefficient (Wildman–Crippen LogP) is 5.52. The number of rotatable bonds is 3. The lowest BCUT2D eigenvalue weighted by atomic mass is 10.0. The molecule has 3 aromatic rings. The smallest absolute Gasteiger partial charge is 0.194 e. The molecule has 0 amide bonds. The first-order valence-corrected chi connectivity index (χ1v) is 8.49. The van der Waals surface area contributed by atoms with Crippen molar-refractivity contribution in [2.24, 2.45) is 0 Å². The van der Waals surface area contributed by atoms with Crippen LogP contribution < -0.4 is 0 Å². The van der Waals surface area contributed by atoms with E-state index in [2.05, 4.69) is 11.8 Å². The van der Waals surface area contributed by atoms with Crippen LogP contribution in [0.3, 0.4) is 0 Å². The maximum Gasteiger partial charge on any atom is 0.194 e. The number of carbonyl (C=O) groups excluding carboxylic acids is 1. The van der Waals surface area contributed by atoms with E-state index in [1.807, 2.05) is 0 Å². The minimum atomic E-state index is -1.59. The molecule has 0 aliphatic rings. The van der Waals surface area contributed by atoms with Crippen LogP contribution in [0.25, 0.3) is 0 Å². The first kappa shape index (κ1) is 20.3. The first-order valence-electron chi connectivity index (χ1n) is 8.49. The molecule has 6 heteroatoms. The Morgan fingerprint density at radius 2 is 1.34 bits per heavy atom. The summed E-state index contributed by atoms with van der Waals surface area (Å²) in [4.78, 5) is 12.3. The van der Waals surface area contributed by atoms with Gasteiger partial charge in [-0.1, -0.05) is 24.0 Å². The molecule has 1 nitrogen and oxygen atoms in total. The van der Waals surface area contributed by atoms with Gasteiger partial charge in [0.25, 0.3) is 0 Å². The Morgan fingerprint density at radius 1 is 0.793 bits per heavy atom. The number of halogens is 5. The van der Waals surface area contributed by atoms with E-state index in [1.165, 1.54) is 36.4 Å². The highest BCUT2D eigenvalue weighted by Gasteiger charge is 2.14. The van der Waals surface area contributed by atoms with Crippen LogP contribution in [0.5, 0.6) is 0 Å². The lowest BCUT2D eigenvalue weighted by molar-refractivity contribution is 0.0993. The topological polar surface area (TPSA) is 17.1 Å². The second-order valence-corrected chi connectivity index (χ2v) is 6.40. The van der Waals surface area contributed by atoms with E-state index < -0.39 is 34.9 Å². The lowest BCUT2D eigenvalue weighted by Crippen LogP contribution is -2.05. The Bertz CT molecular complexity index is 1110. The average Bonchev–Trinajstić information content (AvgIpc) is 2.65. The molecular formula is C23H13F5O. The molecule has 0 spiro atoms. The summed E-state index contributed by atoms with van der Waals surface area (Å²) in [5.41, 5.74) is 0.749. The van der Waals surface area contributed by atoms with Crippen molar-refractivity contribution in [3.63, 3.8) is 0 Å². The molecule has 0 heterocycles. The Kier molecular flexibility index (Phi) is 5.79. The van der Waals surface area contributed by atoms with E-state index in [0.717, 1.165) is 12.1 Å². The maximum atomic E-state index is 13.8. The maximum absolute atomic E-state index is 13.8. The number of Topliss-reactive ketones (excluding diaryl/α,β-unsaturated/α-hetero) is 1. The Balaban J connectivity index is 1.77. The van der Waals surface area contributed by atoms with Gasteiger partial charge in [0.1, 0.15) is 11.6 Å². The van der Waals surface area contributed by atoms with E-state index >= 15 is 0 Å². The summed E-state index contributed by atoms with van der Waals surface area (Å²) >= 11 is 0. The molecule has 0 fully saturated rings. The summed E-state index contributed by atoms with van der Waals surface area (Å²) in [7, 11) is 0. The highest BCUT2D eigenvalue weighted by atomic mass is 19.2. The van der Waals surface area contributed by atoms with E-state index in [0.29, 0.717) is 11.1 Å². The summed E-state index contributed by atoms with van der Waals surface area (Å²) in [6.07, 6.45) is -0.321. The quantitative estimate of drug-likeness (QED) is 0.245.